The number of benzene rings is 3. The van der Waals surface area contributed by atoms with E-state index in [1.54, 1.807) is 42.8 Å². The molecule has 1 aliphatic heterocycles. The summed E-state index contributed by atoms with van der Waals surface area (Å²) in [5, 5.41) is 12.4. The number of nitrogens with one attached hydrogen (secondary N) is 2. The van der Waals surface area contributed by atoms with Gasteiger partial charge in [0, 0.05) is 22.0 Å². The molecule has 43 heavy (non-hydrogen) atoms. The van der Waals surface area contributed by atoms with E-state index >= 15 is 0 Å². The van der Waals surface area contributed by atoms with Crippen molar-refractivity contribution in [3.8, 4) is 17.2 Å². The van der Waals surface area contributed by atoms with Gasteiger partial charge in [-0.15, -0.1) is 5.10 Å². The third kappa shape index (κ3) is 6.63. The first-order valence-electron chi connectivity index (χ1n) is 13.6. The molecule has 0 saturated heterocycles. The normalized spacial score (nSPS) is 14.1. The highest BCUT2D eigenvalue weighted by Gasteiger charge is 2.35. The number of methoxy groups -OCH3 is 2. The Balaban J connectivity index is 1.56. The van der Waals surface area contributed by atoms with Crippen LogP contribution in [0.2, 0.25) is 5.02 Å². The number of anilines is 2. The van der Waals surface area contributed by atoms with Crippen LogP contribution in [0.15, 0.2) is 81.6 Å². The van der Waals surface area contributed by atoms with Gasteiger partial charge in [0.1, 0.15) is 18.4 Å². The number of hydrogen-bond acceptors (Lipinski definition) is 8. The largest absolute Gasteiger partial charge is 0.495 e. The molecule has 1 amide bonds. The zero-order valence-corrected chi connectivity index (χ0v) is 27.3. The number of rotatable bonds is 11. The van der Waals surface area contributed by atoms with E-state index in [4.69, 9.17) is 35.9 Å². The maximum atomic E-state index is 14.0. The fourth-order valence-corrected chi connectivity index (χ4v) is 6.18. The zero-order chi connectivity index (χ0) is 30.5. The Bertz CT molecular complexity index is 1680. The summed E-state index contributed by atoms with van der Waals surface area (Å²) in [6.07, 6.45) is 0.981. The Kier molecular flexibility index (Phi) is 9.84. The van der Waals surface area contributed by atoms with Gasteiger partial charge in [-0.1, -0.05) is 60.6 Å². The monoisotopic (exact) mass is 683 g/mol. The summed E-state index contributed by atoms with van der Waals surface area (Å²) >= 11 is 11.6. The van der Waals surface area contributed by atoms with E-state index in [2.05, 4.69) is 33.5 Å². The number of hydrogen-bond donors (Lipinski definition) is 2. The Morgan fingerprint density at radius 3 is 2.60 bits per heavy atom. The molecule has 0 fully saturated rings. The molecule has 0 spiro atoms. The van der Waals surface area contributed by atoms with E-state index in [0.29, 0.717) is 54.8 Å². The maximum absolute atomic E-state index is 14.0. The number of ether oxygens (including phenoxy) is 3. The van der Waals surface area contributed by atoms with Gasteiger partial charge in [0.25, 0.3) is 5.91 Å². The average molecular weight is 685 g/mol. The molecule has 1 aromatic heterocycles. The standard InChI is InChI=1S/C31H31BrClN5O4S/c1-5-14-43-31-36-30-34-18(2)26(29(39)35-23-12-8-9-13-24(23)40-3)27(38(30)37-31)20-15-21(32)28(25(16-20)41-4)42-17-19-10-6-7-11-22(19)33/h6-13,15-16,27H,5,14,17H2,1-4H3,(H,35,39)(H,34,36,37). The second kappa shape index (κ2) is 13.7. The van der Waals surface area contributed by atoms with Crippen molar-refractivity contribution in [3.63, 3.8) is 0 Å². The van der Waals surface area contributed by atoms with E-state index in [0.717, 1.165) is 23.3 Å². The number of fused-ring (bicyclic) bond motifs is 1. The first-order chi connectivity index (χ1) is 20.8. The summed E-state index contributed by atoms with van der Waals surface area (Å²) in [5.74, 6) is 2.66. The third-order valence-corrected chi connectivity index (χ3v) is 8.77. The van der Waals surface area contributed by atoms with E-state index in [-0.39, 0.29) is 12.5 Å². The van der Waals surface area contributed by atoms with Crippen molar-refractivity contribution in [2.75, 3.05) is 30.6 Å². The molecule has 2 heterocycles. The summed E-state index contributed by atoms with van der Waals surface area (Å²) in [5.41, 5.74) is 3.27. The number of thioether (sulfide) groups is 1. The Labute approximate surface area is 268 Å². The highest BCUT2D eigenvalue weighted by molar-refractivity contribution is 9.10. The van der Waals surface area contributed by atoms with Crippen molar-refractivity contribution >= 4 is 56.8 Å². The van der Waals surface area contributed by atoms with Crippen molar-refractivity contribution in [3.05, 3.63) is 92.6 Å². The first kappa shape index (κ1) is 30.8. The van der Waals surface area contributed by atoms with E-state index in [1.165, 1.54) is 0 Å². The van der Waals surface area contributed by atoms with Crippen LogP contribution in [0.5, 0.6) is 17.2 Å². The van der Waals surface area contributed by atoms with Crippen molar-refractivity contribution in [1.82, 2.24) is 14.8 Å². The first-order valence-corrected chi connectivity index (χ1v) is 15.7. The predicted molar refractivity (Wildman–Crippen MR) is 174 cm³/mol. The summed E-state index contributed by atoms with van der Waals surface area (Å²) in [7, 11) is 3.14. The van der Waals surface area contributed by atoms with Gasteiger partial charge in [0.15, 0.2) is 11.5 Å². The molecule has 224 valence electrons. The lowest BCUT2D eigenvalue weighted by Gasteiger charge is -2.29. The van der Waals surface area contributed by atoms with Gasteiger partial charge in [0.2, 0.25) is 11.1 Å². The van der Waals surface area contributed by atoms with Gasteiger partial charge in [-0.25, -0.2) is 4.68 Å². The smallest absolute Gasteiger partial charge is 0.255 e. The second-order valence-electron chi connectivity index (χ2n) is 9.65. The predicted octanol–water partition coefficient (Wildman–Crippen LogP) is 7.72. The maximum Gasteiger partial charge on any atom is 0.255 e. The molecule has 9 nitrogen and oxygen atoms in total. The highest BCUT2D eigenvalue weighted by atomic mass is 79.9. The van der Waals surface area contributed by atoms with Crippen LogP contribution in [0.3, 0.4) is 0 Å². The average Bonchev–Trinajstić information content (AvgIpc) is 3.41. The number of halogens is 2. The number of aromatic nitrogens is 3. The molecular weight excluding hydrogens is 654 g/mol. The Morgan fingerprint density at radius 2 is 1.86 bits per heavy atom. The summed E-state index contributed by atoms with van der Waals surface area (Å²) < 4.78 is 19.8. The molecule has 4 aromatic rings. The number of para-hydroxylation sites is 2. The molecule has 1 atom stereocenters. The number of carbonyl (C=O) groups excluding carboxylic acids is 1. The van der Waals surface area contributed by atoms with Crippen LogP contribution in [-0.4, -0.2) is 40.6 Å². The van der Waals surface area contributed by atoms with Gasteiger partial charge in [-0.05, 0) is 65.2 Å². The number of carbonyl (C=O) groups is 1. The molecule has 0 bridgehead atoms. The van der Waals surface area contributed by atoms with Gasteiger partial charge < -0.3 is 24.8 Å². The van der Waals surface area contributed by atoms with Crippen LogP contribution in [-0.2, 0) is 11.4 Å². The van der Waals surface area contributed by atoms with Crippen LogP contribution < -0.4 is 24.8 Å². The minimum Gasteiger partial charge on any atom is -0.495 e. The number of allylic oxidation sites excluding steroid dienone is 1. The van der Waals surface area contributed by atoms with Crippen molar-refractivity contribution in [1.29, 1.82) is 0 Å². The second-order valence-corrected chi connectivity index (χ2v) is 12.0. The Hall–Kier alpha value is -3.67. The fraction of sp³-hybridized carbons (Fsp3) is 0.258. The third-order valence-electron chi connectivity index (χ3n) is 6.77. The van der Waals surface area contributed by atoms with Crippen LogP contribution in [0, 0.1) is 0 Å². The van der Waals surface area contributed by atoms with Crippen LogP contribution >= 0.6 is 39.3 Å². The molecular formula is C31H31BrClN5O4S. The number of nitrogens with zero attached hydrogens (tertiary/aromatic N) is 3. The molecule has 0 radical (unpaired) electrons. The van der Waals surface area contributed by atoms with E-state index < -0.39 is 6.04 Å². The molecule has 0 aliphatic carbocycles. The molecule has 12 heteroatoms. The van der Waals surface area contributed by atoms with Crippen molar-refractivity contribution in [2.45, 2.75) is 38.1 Å². The van der Waals surface area contributed by atoms with E-state index in [1.807, 2.05) is 55.5 Å². The van der Waals surface area contributed by atoms with Crippen LogP contribution in [0.25, 0.3) is 0 Å². The van der Waals surface area contributed by atoms with Crippen LogP contribution in [0.4, 0.5) is 11.6 Å². The minimum atomic E-state index is -0.628. The minimum absolute atomic E-state index is 0.248. The lowest BCUT2D eigenvalue weighted by Crippen LogP contribution is -2.31. The van der Waals surface area contributed by atoms with Crippen molar-refractivity contribution in [2.24, 2.45) is 0 Å². The highest BCUT2D eigenvalue weighted by Crippen LogP contribution is 2.44. The molecule has 1 unspecified atom stereocenters. The quantitative estimate of drug-likeness (QED) is 0.155. The molecule has 1 aliphatic rings. The summed E-state index contributed by atoms with van der Waals surface area (Å²) in [6, 6.07) is 17.9. The van der Waals surface area contributed by atoms with Gasteiger partial charge >= 0.3 is 0 Å². The topological polar surface area (TPSA) is 99.5 Å². The van der Waals surface area contributed by atoms with Gasteiger partial charge in [-0.2, -0.15) is 4.98 Å². The SMILES string of the molecule is CCCSc1nc2n(n1)C(c1cc(Br)c(OCc3ccccc3Cl)c(OC)c1)C(C(=O)Nc1ccccc1OC)=C(C)N2. The molecule has 3 aromatic carbocycles. The lowest BCUT2D eigenvalue weighted by molar-refractivity contribution is -0.113. The molecule has 2 N–H and O–H groups in total. The summed E-state index contributed by atoms with van der Waals surface area (Å²) in [6.45, 7) is 4.21. The summed E-state index contributed by atoms with van der Waals surface area (Å²) in [4.78, 5) is 18.7. The fourth-order valence-electron chi connectivity index (χ4n) is 4.73. The Morgan fingerprint density at radius 1 is 1.12 bits per heavy atom. The van der Waals surface area contributed by atoms with Crippen LogP contribution in [0.1, 0.15) is 37.4 Å². The lowest BCUT2D eigenvalue weighted by atomic mass is 9.94. The van der Waals surface area contributed by atoms with E-state index in [9.17, 15) is 4.79 Å². The molecule has 0 saturated carbocycles. The van der Waals surface area contributed by atoms with Crippen molar-refractivity contribution < 1.29 is 19.0 Å². The number of amides is 1. The molecule has 5 rings (SSSR count). The van der Waals surface area contributed by atoms with Gasteiger partial charge in [-0.3, -0.25) is 4.79 Å². The zero-order valence-electron chi connectivity index (χ0n) is 24.1. The van der Waals surface area contributed by atoms with Gasteiger partial charge in [0.05, 0.1) is 30.0 Å².